The molecule has 0 radical (unpaired) electrons. The fraction of sp³-hybridized carbons (Fsp3) is 0.130. The molecule has 2 aliphatic rings. The van der Waals surface area contributed by atoms with Gasteiger partial charge in [0, 0.05) is 17.3 Å². The molecule has 2 aliphatic heterocycles. The first-order valence-corrected chi connectivity index (χ1v) is 9.55. The number of hydrogen-bond donors (Lipinski definition) is 1. The molecule has 7 heteroatoms. The quantitative estimate of drug-likeness (QED) is 0.694. The molecule has 0 aliphatic carbocycles. The van der Waals surface area contributed by atoms with Crippen LogP contribution in [-0.2, 0) is 9.59 Å². The van der Waals surface area contributed by atoms with Crippen molar-refractivity contribution >= 4 is 28.9 Å². The molecule has 150 valence electrons. The van der Waals surface area contributed by atoms with E-state index >= 15 is 0 Å². The Bertz CT molecular complexity index is 1150. The van der Waals surface area contributed by atoms with Crippen LogP contribution in [0.2, 0.25) is 0 Å². The van der Waals surface area contributed by atoms with Crippen LogP contribution in [0, 0.1) is 11.6 Å². The number of carbonyl (C=O) groups excluding carboxylic acids is 2. The van der Waals surface area contributed by atoms with Crippen LogP contribution in [-0.4, -0.2) is 17.9 Å². The Kier molecular flexibility index (Phi) is 4.24. The van der Waals surface area contributed by atoms with Gasteiger partial charge in [-0.3, -0.25) is 14.5 Å². The first kappa shape index (κ1) is 18.3. The van der Waals surface area contributed by atoms with Crippen molar-refractivity contribution in [1.82, 2.24) is 0 Å². The first-order chi connectivity index (χ1) is 14.5. The third kappa shape index (κ3) is 2.82. The van der Waals surface area contributed by atoms with E-state index < -0.39 is 23.8 Å². The van der Waals surface area contributed by atoms with Crippen LogP contribution in [0.4, 0.5) is 25.8 Å². The molecule has 3 aromatic rings. The second-order valence-electron chi connectivity index (χ2n) is 7.27. The summed E-state index contributed by atoms with van der Waals surface area (Å²) >= 11 is 0. The number of benzene rings is 3. The lowest BCUT2D eigenvalue weighted by Crippen LogP contribution is -2.61. The van der Waals surface area contributed by atoms with Gasteiger partial charge < -0.3 is 10.2 Å². The molecule has 2 amide bonds. The zero-order valence-electron chi connectivity index (χ0n) is 15.8. The standard InChI is InChI=1S/C23H17F2N3O2/c24-14-10-11-16(17(25)12-14)23-27(15-6-2-1-3-7-15)21(29)13-20-22(30)26-18-8-4-5-9-19(18)28(20)23/h1-12,20,23H,13H2,(H,26,30). The van der Waals surface area contributed by atoms with Gasteiger partial charge in [-0.05, 0) is 36.4 Å². The summed E-state index contributed by atoms with van der Waals surface area (Å²) in [6, 6.07) is 18.5. The molecule has 5 nitrogen and oxygen atoms in total. The normalized spacial score (nSPS) is 20.5. The molecular weight excluding hydrogens is 388 g/mol. The maximum atomic E-state index is 15.0. The monoisotopic (exact) mass is 405 g/mol. The van der Waals surface area contributed by atoms with Crippen LogP contribution in [0.1, 0.15) is 18.2 Å². The van der Waals surface area contributed by atoms with E-state index in [-0.39, 0.29) is 23.8 Å². The van der Waals surface area contributed by atoms with Crippen molar-refractivity contribution in [3.8, 4) is 0 Å². The summed E-state index contributed by atoms with van der Waals surface area (Å²) < 4.78 is 28.6. The number of para-hydroxylation sites is 3. The lowest BCUT2D eigenvalue weighted by Gasteiger charge is -2.50. The van der Waals surface area contributed by atoms with E-state index in [1.807, 2.05) is 18.2 Å². The Hall–Kier alpha value is -3.74. The number of nitrogens with one attached hydrogen (secondary N) is 1. The average molecular weight is 405 g/mol. The highest BCUT2D eigenvalue weighted by molar-refractivity contribution is 6.09. The second-order valence-corrected chi connectivity index (χ2v) is 7.27. The van der Waals surface area contributed by atoms with Gasteiger partial charge in [-0.25, -0.2) is 8.78 Å². The molecule has 1 N–H and O–H groups in total. The highest BCUT2D eigenvalue weighted by Gasteiger charge is 2.48. The van der Waals surface area contributed by atoms with Gasteiger partial charge in [0.2, 0.25) is 11.8 Å². The largest absolute Gasteiger partial charge is 0.332 e. The van der Waals surface area contributed by atoms with Crippen LogP contribution < -0.4 is 15.1 Å². The zero-order valence-corrected chi connectivity index (χ0v) is 15.8. The second kappa shape index (κ2) is 6.95. The Balaban J connectivity index is 1.76. The van der Waals surface area contributed by atoms with Crippen molar-refractivity contribution in [3.63, 3.8) is 0 Å². The molecule has 0 aromatic heterocycles. The van der Waals surface area contributed by atoms with Crippen molar-refractivity contribution in [2.45, 2.75) is 18.6 Å². The molecule has 3 aromatic carbocycles. The van der Waals surface area contributed by atoms with Gasteiger partial charge in [-0.15, -0.1) is 0 Å². The van der Waals surface area contributed by atoms with Crippen LogP contribution in [0.15, 0.2) is 72.8 Å². The summed E-state index contributed by atoms with van der Waals surface area (Å²) in [5.41, 5.74) is 1.93. The molecule has 0 spiro atoms. The molecule has 2 unspecified atom stereocenters. The summed E-state index contributed by atoms with van der Waals surface area (Å²) in [6.45, 7) is 0. The highest BCUT2D eigenvalue weighted by atomic mass is 19.1. The SMILES string of the molecule is O=C1Nc2ccccc2N2C1CC(=O)N(c1ccccc1)C2c1ccc(F)cc1F. The Labute approximate surface area is 171 Å². The number of rotatable bonds is 2. The summed E-state index contributed by atoms with van der Waals surface area (Å²) in [4.78, 5) is 29.2. The van der Waals surface area contributed by atoms with Crippen molar-refractivity contribution in [2.24, 2.45) is 0 Å². The number of carbonyl (C=O) groups is 2. The highest BCUT2D eigenvalue weighted by Crippen LogP contribution is 2.45. The third-order valence-corrected chi connectivity index (χ3v) is 5.50. The molecule has 1 fully saturated rings. The predicted molar refractivity (Wildman–Crippen MR) is 109 cm³/mol. The van der Waals surface area contributed by atoms with E-state index in [2.05, 4.69) is 5.32 Å². The number of nitrogens with zero attached hydrogens (tertiary/aromatic N) is 2. The lowest BCUT2D eigenvalue weighted by molar-refractivity contribution is -0.126. The molecule has 2 atom stereocenters. The van der Waals surface area contributed by atoms with Gasteiger partial charge in [-0.2, -0.15) is 0 Å². The molecular formula is C23H17F2N3O2. The fourth-order valence-corrected chi connectivity index (χ4v) is 4.21. The van der Waals surface area contributed by atoms with E-state index in [0.29, 0.717) is 17.1 Å². The maximum Gasteiger partial charge on any atom is 0.247 e. The van der Waals surface area contributed by atoms with Crippen molar-refractivity contribution in [1.29, 1.82) is 0 Å². The van der Waals surface area contributed by atoms with Gasteiger partial charge in [0.25, 0.3) is 0 Å². The zero-order chi connectivity index (χ0) is 20.8. The third-order valence-electron chi connectivity index (χ3n) is 5.50. The van der Waals surface area contributed by atoms with Crippen molar-refractivity contribution < 1.29 is 18.4 Å². The van der Waals surface area contributed by atoms with Crippen LogP contribution in [0.3, 0.4) is 0 Å². The Morgan fingerprint density at radius 1 is 0.900 bits per heavy atom. The smallest absolute Gasteiger partial charge is 0.247 e. The van der Waals surface area contributed by atoms with E-state index in [9.17, 15) is 18.4 Å². The topological polar surface area (TPSA) is 52.7 Å². The van der Waals surface area contributed by atoms with Gasteiger partial charge in [0.05, 0.1) is 17.8 Å². The molecule has 0 saturated carbocycles. The Morgan fingerprint density at radius 3 is 2.40 bits per heavy atom. The minimum atomic E-state index is -0.952. The lowest BCUT2D eigenvalue weighted by atomic mass is 9.95. The minimum absolute atomic E-state index is 0.0611. The molecule has 2 heterocycles. The summed E-state index contributed by atoms with van der Waals surface area (Å²) in [5.74, 6) is -2.14. The molecule has 1 saturated heterocycles. The molecule has 30 heavy (non-hydrogen) atoms. The van der Waals surface area contributed by atoms with Crippen LogP contribution in [0.5, 0.6) is 0 Å². The summed E-state index contributed by atoms with van der Waals surface area (Å²) in [5, 5.41) is 2.82. The summed E-state index contributed by atoms with van der Waals surface area (Å²) in [7, 11) is 0. The van der Waals surface area contributed by atoms with Crippen LogP contribution in [0.25, 0.3) is 0 Å². The number of anilines is 3. The van der Waals surface area contributed by atoms with E-state index in [1.165, 1.54) is 11.0 Å². The van der Waals surface area contributed by atoms with Gasteiger partial charge >= 0.3 is 0 Å². The minimum Gasteiger partial charge on any atom is -0.332 e. The maximum absolute atomic E-state index is 15.0. The predicted octanol–water partition coefficient (Wildman–Crippen LogP) is 4.23. The number of halogens is 2. The van der Waals surface area contributed by atoms with E-state index in [4.69, 9.17) is 0 Å². The fourth-order valence-electron chi connectivity index (χ4n) is 4.21. The number of amides is 2. The van der Waals surface area contributed by atoms with Gasteiger partial charge in [0.15, 0.2) is 0 Å². The van der Waals surface area contributed by atoms with E-state index in [0.717, 1.165) is 12.1 Å². The Morgan fingerprint density at radius 2 is 1.63 bits per heavy atom. The van der Waals surface area contributed by atoms with Crippen molar-refractivity contribution in [2.75, 3.05) is 15.1 Å². The van der Waals surface area contributed by atoms with Crippen LogP contribution >= 0.6 is 0 Å². The molecule has 5 rings (SSSR count). The van der Waals surface area contributed by atoms with Gasteiger partial charge in [0.1, 0.15) is 23.8 Å². The van der Waals surface area contributed by atoms with E-state index in [1.54, 1.807) is 41.3 Å². The van der Waals surface area contributed by atoms with Crippen molar-refractivity contribution in [3.05, 3.63) is 90.0 Å². The average Bonchev–Trinajstić information content (AvgIpc) is 2.74. The number of fused-ring (bicyclic) bond motifs is 3. The number of hydrogen-bond acceptors (Lipinski definition) is 3. The first-order valence-electron chi connectivity index (χ1n) is 9.55. The van der Waals surface area contributed by atoms with Gasteiger partial charge in [-0.1, -0.05) is 30.3 Å². The summed E-state index contributed by atoms with van der Waals surface area (Å²) in [6.07, 6.45) is -1.01. The molecule has 0 bridgehead atoms.